The maximum absolute atomic E-state index is 12.2. The molecule has 1 N–H and O–H groups in total. The molecule has 0 radical (unpaired) electrons. The maximum Gasteiger partial charge on any atom is 0.387 e. The first-order valence-corrected chi connectivity index (χ1v) is 5.42. The molecular formula is C12H16ClF2NO3. The van der Waals surface area contributed by atoms with Crippen LogP contribution in [0.2, 0.25) is 0 Å². The number of para-hydroxylation sites is 1. The van der Waals surface area contributed by atoms with Crippen molar-refractivity contribution in [2.45, 2.75) is 19.6 Å². The van der Waals surface area contributed by atoms with Crippen LogP contribution in [-0.4, -0.2) is 36.2 Å². The van der Waals surface area contributed by atoms with E-state index in [0.29, 0.717) is 18.7 Å². The third kappa shape index (κ3) is 6.93. The molecule has 0 saturated heterocycles. The standard InChI is InChI=1S/C12H15F2NO3.ClH/c1-15(7-6-11(16)17)8-9-4-2-3-5-10(9)18-12(13)14;/h2-5,12H,6-8H2,1H3,(H,16,17);1H. The topological polar surface area (TPSA) is 49.8 Å². The summed E-state index contributed by atoms with van der Waals surface area (Å²) >= 11 is 0. The van der Waals surface area contributed by atoms with Gasteiger partial charge in [-0.2, -0.15) is 8.78 Å². The Hall–Kier alpha value is -1.40. The number of hydrogen-bond donors (Lipinski definition) is 1. The number of carbonyl (C=O) groups is 1. The van der Waals surface area contributed by atoms with Crippen molar-refractivity contribution in [2.24, 2.45) is 0 Å². The van der Waals surface area contributed by atoms with Crippen LogP contribution in [-0.2, 0) is 11.3 Å². The molecule has 1 rings (SSSR count). The van der Waals surface area contributed by atoms with Crippen molar-refractivity contribution in [3.05, 3.63) is 29.8 Å². The van der Waals surface area contributed by atoms with Crippen LogP contribution in [0.15, 0.2) is 24.3 Å². The van der Waals surface area contributed by atoms with Crippen molar-refractivity contribution in [2.75, 3.05) is 13.6 Å². The highest BCUT2D eigenvalue weighted by molar-refractivity contribution is 5.85. The quantitative estimate of drug-likeness (QED) is 0.840. The number of aliphatic carboxylic acids is 1. The van der Waals surface area contributed by atoms with E-state index in [1.807, 2.05) is 0 Å². The zero-order chi connectivity index (χ0) is 13.5. The lowest BCUT2D eigenvalue weighted by molar-refractivity contribution is -0.137. The summed E-state index contributed by atoms with van der Waals surface area (Å²) in [6, 6.07) is 6.47. The lowest BCUT2D eigenvalue weighted by Crippen LogP contribution is -2.21. The Morgan fingerprint density at radius 2 is 2.05 bits per heavy atom. The van der Waals surface area contributed by atoms with Crippen LogP contribution in [0.5, 0.6) is 5.75 Å². The van der Waals surface area contributed by atoms with E-state index in [1.165, 1.54) is 6.07 Å². The molecule has 0 atom stereocenters. The summed E-state index contributed by atoms with van der Waals surface area (Å²) < 4.78 is 28.8. The van der Waals surface area contributed by atoms with Crippen LogP contribution >= 0.6 is 12.4 Å². The number of rotatable bonds is 7. The Balaban J connectivity index is 0.00000324. The van der Waals surface area contributed by atoms with Crippen LogP contribution in [0.1, 0.15) is 12.0 Å². The second kappa shape index (κ2) is 8.66. The largest absolute Gasteiger partial charge is 0.481 e. The fourth-order valence-electron chi connectivity index (χ4n) is 1.50. The molecule has 0 aliphatic heterocycles. The predicted octanol–water partition coefficient (Wildman–Crippen LogP) is 2.62. The third-order valence-electron chi connectivity index (χ3n) is 2.34. The van der Waals surface area contributed by atoms with E-state index in [1.54, 1.807) is 30.1 Å². The van der Waals surface area contributed by atoms with E-state index >= 15 is 0 Å². The van der Waals surface area contributed by atoms with E-state index < -0.39 is 12.6 Å². The van der Waals surface area contributed by atoms with Gasteiger partial charge in [-0.25, -0.2) is 0 Å². The van der Waals surface area contributed by atoms with Crippen LogP contribution < -0.4 is 4.74 Å². The molecule has 1 aromatic carbocycles. The minimum Gasteiger partial charge on any atom is -0.481 e. The monoisotopic (exact) mass is 295 g/mol. The number of benzene rings is 1. The highest BCUT2D eigenvalue weighted by Gasteiger charge is 2.11. The fraction of sp³-hybridized carbons (Fsp3) is 0.417. The molecule has 0 aromatic heterocycles. The van der Waals surface area contributed by atoms with E-state index in [2.05, 4.69) is 4.74 Å². The van der Waals surface area contributed by atoms with Gasteiger partial charge in [-0.05, 0) is 13.1 Å². The molecule has 0 aliphatic carbocycles. The van der Waals surface area contributed by atoms with Crippen LogP contribution in [0, 0.1) is 0 Å². The summed E-state index contributed by atoms with van der Waals surface area (Å²) in [7, 11) is 1.72. The molecule has 4 nitrogen and oxygen atoms in total. The maximum atomic E-state index is 12.2. The highest BCUT2D eigenvalue weighted by atomic mass is 35.5. The molecule has 0 aliphatic rings. The molecule has 0 amide bonds. The number of alkyl halides is 2. The Labute approximate surface area is 116 Å². The van der Waals surface area contributed by atoms with E-state index in [-0.39, 0.29) is 24.6 Å². The summed E-state index contributed by atoms with van der Waals surface area (Å²) in [5.41, 5.74) is 0.602. The number of carboxylic acids is 1. The third-order valence-corrected chi connectivity index (χ3v) is 2.34. The molecule has 19 heavy (non-hydrogen) atoms. The van der Waals surface area contributed by atoms with Gasteiger partial charge in [-0.1, -0.05) is 18.2 Å². The molecule has 0 spiro atoms. The van der Waals surface area contributed by atoms with E-state index in [9.17, 15) is 13.6 Å². The van der Waals surface area contributed by atoms with Gasteiger partial charge < -0.3 is 14.7 Å². The number of nitrogens with zero attached hydrogens (tertiary/aromatic N) is 1. The van der Waals surface area contributed by atoms with Crippen molar-refractivity contribution < 1.29 is 23.4 Å². The van der Waals surface area contributed by atoms with Crippen LogP contribution in [0.4, 0.5) is 8.78 Å². The van der Waals surface area contributed by atoms with Crippen molar-refractivity contribution in [1.82, 2.24) is 4.90 Å². The fourth-order valence-corrected chi connectivity index (χ4v) is 1.50. The molecule has 1 aromatic rings. The Bertz CT molecular complexity index is 404. The molecule has 0 unspecified atom stereocenters. The number of halogens is 3. The van der Waals surface area contributed by atoms with Crippen molar-refractivity contribution in [1.29, 1.82) is 0 Å². The smallest absolute Gasteiger partial charge is 0.387 e. The summed E-state index contributed by atoms with van der Waals surface area (Å²) in [5.74, 6) is -0.770. The van der Waals surface area contributed by atoms with Gasteiger partial charge in [0, 0.05) is 18.7 Å². The van der Waals surface area contributed by atoms with Crippen LogP contribution in [0.25, 0.3) is 0 Å². The molecular weight excluding hydrogens is 280 g/mol. The molecule has 108 valence electrons. The summed E-state index contributed by atoms with van der Waals surface area (Å²) in [6.45, 7) is -2.16. The lowest BCUT2D eigenvalue weighted by atomic mass is 10.2. The number of carboxylic acid groups (broad SMARTS) is 1. The van der Waals surface area contributed by atoms with Crippen molar-refractivity contribution in [3.8, 4) is 5.75 Å². The van der Waals surface area contributed by atoms with Gasteiger partial charge >= 0.3 is 12.6 Å². The average Bonchev–Trinajstić information content (AvgIpc) is 2.28. The lowest BCUT2D eigenvalue weighted by Gasteiger charge is -2.17. The van der Waals surface area contributed by atoms with Gasteiger partial charge in [-0.15, -0.1) is 12.4 Å². The van der Waals surface area contributed by atoms with Crippen LogP contribution in [0.3, 0.4) is 0 Å². The van der Waals surface area contributed by atoms with Gasteiger partial charge in [0.05, 0.1) is 6.42 Å². The normalized spacial score (nSPS) is 10.4. The van der Waals surface area contributed by atoms with Crippen molar-refractivity contribution >= 4 is 18.4 Å². The molecule has 0 saturated carbocycles. The first-order chi connectivity index (χ1) is 8.49. The molecule has 0 bridgehead atoms. The van der Waals surface area contributed by atoms with E-state index in [0.717, 1.165) is 0 Å². The Morgan fingerprint density at radius 1 is 1.42 bits per heavy atom. The van der Waals surface area contributed by atoms with Gasteiger partial charge in [0.1, 0.15) is 5.75 Å². The second-order valence-corrected chi connectivity index (χ2v) is 3.87. The Kier molecular flexibility index (Phi) is 8.02. The average molecular weight is 296 g/mol. The second-order valence-electron chi connectivity index (χ2n) is 3.87. The summed E-state index contributed by atoms with van der Waals surface area (Å²) in [6.07, 6.45) is 0.00830. The van der Waals surface area contributed by atoms with Gasteiger partial charge in [0.25, 0.3) is 0 Å². The number of hydrogen-bond acceptors (Lipinski definition) is 3. The predicted molar refractivity (Wildman–Crippen MR) is 68.9 cm³/mol. The van der Waals surface area contributed by atoms with E-state index in [4.69, 9.17) is 5.11 Å². The Morgan fingerprint density at radius 3 is 2.63 bits per heavy atom. The first kappa shape index (κ1) is 17.6. The van der Waals surface area contributed by atoms with Gasteiger partial charge in [0.2, 0.25) is 0 Å². The SMILES string of the molecule is CN(CCC(=O)O)Cc1ccccc1OC(F)F.Cl. The zero-order valence-electron chi connectivity index (χ0n) is 10.4. The molecule has 0 heterocycles. The highest BCUT2D eigenvalue weighted by Crippen LogP contribution is 2.21. The van der Waals surface area contributed by atoms with Gasteiger partial charge in [-0.3, -0.25) is 4.79 Å². The summed E-state index contributed by atoms with van der Waals surface area (Å²) in [5, 5.41) is 8.55. The minimum absolute atomic E-state index is 0. The summed E-state index contributed by atoms with van der Waals surface area (Å²) in [4.78, 5) is 12.2. The minimum atomic E-state index is -2.87. The first-order valence-electron chi connectivity index (χ1n) is 5.42. The van der Waals surface area contributed by atoms with Crippen molar-refractivity contribution in [3.63, 3.8) is 0 Å². The number of ether oxygens (including phenoxy) is 1. The molecule has 7 heteroatoms. The van der Waals surface area contributed by atoms with Gasteiger partial charge in [0.15, 0.2) is 0 Å². The zero-order valence-corrected chi connectivity index (χ0v) is 11.2. The molecule has 0 fully saturated rings.